The van der Waals surface area contributed by atoms with Crippen molar-refractivity contribution >= 4 is 15.9 Å². The van der Waals surface area contributed by atoms with Gasteiger partial charge in [0.15, 0.2) is 0 Å². The number of nitrogens with two attached hydrogens (primary N) is 1. The number of rotatable bonds is 5. The Morgan fingerprint density at radius 1 is 1.48 bits per heavy atom. The predicted molar refractivity (Wildman–Crippen MR) is 82.0 cm³/mol. The molecule has 1 aliphatic carbocycles. The number of nitrogens with zero attached hydrogens (tertiary/aromatic N) is 2. The zero-order chi connectivity index (χ0) is 15.6. The second-order valence-electron chi connectivity index (χ2n) is 5.86. The summed E-state index contributed by atoms with van der Waals surface area (Å²) in [4.78, 5) is 0. The van der Waals surface area contributed by atoms with Crippen molar-refractivity contribution in [2.45, 2.75) is 57.4 Å². The Morgan fingerprint density at radius 3 is 2.57 bits per heavy atom. The molecule has 2 rings (SSSR count). The average Bonchev–Trinajstić information content (AvgIpc) is 2.72. The van der Waals surface area contributed by atoms with Crippen LogP contribution < -0.4 is 11.3 Å². The zero-order valence-electron chi connectivity index (χ0n) is 12.5. The Kier molecular flexibility index (Phi) is 5.38. The third-order valence-electron chi connectivity index (χ3n) is 4.46. The van der Waals surface area contributed by atoms with Gasteiger partial charge in [-0.1, -0.05) is 6.92 Å². The topological polar surface area (TPSA) is 55.9 Å². The minimum Gasteiger partial charge on any atom is -0.271 e. The molecule has 7 heteroatoms. The molecule has 0 radical (unpaired) electrons. The molecular formula is C14H23BrF2N4. The quantitative estimate of drug-likeness (QED) is 0.623. The van der Waals surface area contributed by atoms with Gasteiger partial charge in [0.25, 0.3) is 0 Å². The zero-order valence-corrected chi connectivity index (χ0v) is 14.1. The second kappa shape index (κ2) is 6.71. The lowest BCUT2D eigenvalue weighted by molar-refractivity contribution is -0.0496. The van der Waals surface area contributed by atoms with Crippen LogP contribution in [0, 0.1) is 5.92 Å². The van der Waals surface area contributed by atoms with Gasteiger partial charge in [-0.3, -0.25) is 16.0 Å². The fraction of sp³-hybridized carbons (Fsp3) is 0.786. The number of hydrazine groups is 1. The molecule has 1 aromatic heterocycles. The first kappa shape index (κ1) is 16.8. The lowest BCUT2D eigenvalue weighted by Gasteiger charge is -2.33. The second-order valence-corrected chi connectivity index (χ2v) is 6.65. The minimum absolute atomic E-state index is 0.00231. The minimum atomic E-state index is -2.50. The van der Waals surface area contributed by atoms with Gasteiger partial charge < -0.3 is 0 Å². The van der Waals surface area contributed by atoms with Crippen molar-refractivity contribution in [3.05, 3.63) is 15.9 Å². The fourth-order valence-electron chi connectivity index (χ4n) is 3.08. The summed E-state index contributed by atoms with van der Waals surface area (Å²) in [6.07, 6.45) is 2.49. The summed E-state index contributed by atoms with van der Waals surface area (Å²) in [5.74, 6) is 3.36. The number of nitrogens with one attached hydrogen (secondary N) is 1. The van der Waals surface area contributed by atoms with Crippen LogP contribution >= 0.6 is 15.9 Å². The van der Waals surface area contributed by atoms with E-state index in [1.165, 1.54) is 0 Å². The van der Waals surface area contributed by atoms with Gasteiger partial charge in [0.05, 0.1) is 15.9 Å². The van der Waals surface area contributed by atoms with Crippen molar-refractivity contribution < 1.29 is 8.78 Å². The van der Waals surface area contributed by atoms with E-state index in [9.17, 15) is 8.78 Å². The van der Waals surface area contributed by atoms with Crippen LogP contribution in [0.3, 0.4) is 0 Å². The molecule has 1 aliphatic rings. The Hall–Kier alpha value is -0.530. The molecule has 1 fully saturated rings. The lowest BCUT2D eigenvalue weighted by atomic mass is 9.81. The normalized spacial score (nSPS) is 20.7. The molecular weight excluding hydrogens is 342 g/mol. The molecule has 0 bridgehead atoms. The van der Waals surface area contributed by atoms with Crippen LogP contribution in [0.4, 0.5) is 8.78 Å². The molecule has 4 nitrogen and oxygen atoms in total. The SMILES string of the molecule is CCc1nn(C)c(CC(NN)C2CCC(F)(F)CC2)c1Br. The molecule has 120 valence electrons. The predicted octanol–water partition coefficient (Wildman–Crippen LogP) is 2.94. The van der Waals surface area contributed by atoms with Gasteiger partial charge in [0, 0.05) is 32.4 Å². The smallest absolute Gasteiger partial charge is 0.248 e. The first-order valence-electron chi connectivity index (χ1n) is 7.42. The van der Waals surface area contributed by atoms with Gasteiger partial charge in [0.2, 0.25) is 5.92 Å². The summed E-state index contributed by atoms with van der Waals surface area (Å²) in [7, 11) is 1.90. The number of halogens is 3. The highest BCUT2D eigenvalue weighted by Crippen LogP contribution is 2.38. The van der Waals surface area contributed by atoms with Crippen molar-refractivity contribution in [1.82, 2.24) is 15.2 Å². The molecule has 0 amide bonds. The maximum absolute atomic E-state index is 13.3. The summed E-state index contributed by atoms with van der Waals surface area (Å²) in [6.45, 7) is 2.05. The van der Waals surface area contributed by atoms with Crippen molar-refractivity contribution in [2.75, 3.05) is 0 Å². The highest BCUT2D eigenvalue weighted by atomic mass is 79.9. The molecule has 0 saturated heterocycles. The largest absolute Gasteiger partial charge is 0.271 e. The van der Waals surface area contributed by atoms with Crippen molar-refractivity contribution in [2.24, 2.45) is 18.8 Å². The van der Waals surface area contributed by atoms with Gasteiger partial charge in [0.1, 0.15) is 0 Å². The molecule has 1 heterocycles. The van der Waals surface area contributed by atoms with E-state index in [1.807, 2.05) is 11.7 Å². The molecule has 1 atom stereocenters. The Labute approximate surface area is 132 Å². The van der Waals surface area contributed by atoms with Crippen LogP contribution in [0.1, 0.15) is 44.0 Å². The average molecular weight is 365 g/mol. The van der Waals surface area contributed by atoms with Gasteiger partial charge in [-0.15, -0.1) is 0 Å². The van der Waals surface area contributed by atoms with Crippen molar-refractivity contribution in [3.63, 3.8) is 0 Å². The van der Waals surface area contributed by atoms with Crippen LogP contribution in [-0.2, 0) is 19.9 Å². The van der Waals surface area contributed by atoms with Crippen molar-refractivity contribution in [1.29, 1.82) is 0 Å². The molecule has 1 aromatic rings. The summed E-state index contributed by atoms with van der Waals surface area (Å²) in [5.41, 5.74) is 4.90. The van der Waals surface area contributed by atoms with Gasteiger partial charge in [-0.2, -0.15) is 5.10 Å². The Bertz CT molecular complexity index is 480. The third-order valence-corrected chi connectivity index (χ3v) is 5.38. The number of hydrogen-bond donors (Lipinski definition) is 2. The standard InChI is InChI=1S/C14H23BrF2N4/c1-3-10-13(15)12(21(2)20-10)8-11(19-18)9-4-6-14(16,17)7-5-9/h9,11,19H,3-8,18H2,1-2H3. The third kappa shape index (κ3) is 3.81. The maximum Gasteiger partial charge on any atom is 0.248 e. The van der Waals surface area contributed by atoms with E-state index in [0.29, 0.717) is 19.3 Å². The van der Waals surface area contributed by atoms with E-state index >= 15 is 0 Å². The summed E-state index contributed by atoms with van der Waals surface area (Å²) in [6, 6.07) is -0.00231. The Morgan fingerprint density at radius 2 is 2.10 bits per heavy atom. The van der Waals surface area contributed by atoms with Gasteiger partial charge in [-0.05, 0) is 41.1 Å². The molecule has 1 saturated carbocycles. The molecule has 3 N–H and O–H groups in total. The lowest BCUT2D eigenvalue weighted by Crippen LogP contribution is -2.45. The van der Waals surface area contributed by atoms with Crippen LogP contribution in [0.5, 0.6) is 0 Å². The molecule has 0 aliphatic heterocycles. The number of aromatic nitrogens is 2. The van der Waals surface area contributed by atoms with Gasteiger partial charge in [-0.25, -0.2) is 8.78 Å². The van der Waals surface area contributed by atoms with Crippen LogP contribution in [0.2, 0.25) is 0 Å². The maximum atomic E-state index is 13.3. The summed E-state index contributed by atoms with van der Waals surface area (Å²) >= 11 is 3.59. The Balaban J connectivity index is 2.08. The fourth-order valence-corrected chi connectivity index (χ4v) is 3.85. The molecule has 0 spiro atoms. The van der Waals surface area contributed by atoms with Crippen molar-refractivity contribution in [3.8, 4) is 0 Å². The van der Waals surface area contributed by atoms with E-state index in [0.717, 1.165) is 22.3 Å². The number of hydrogen-bond acceptors (Lipinski definition) is 3. The summed E-state index contributed by atoms with van der Waals surface area (Å²) < 4.78 is 29.4. The van der Waals surface area contributed by atoms with Crippen LogP contribution in [0.25, 0.3) is 0 Å². The van der Waals surface area contributed by atoms with E-state index in [1.54, 1.807) is 0 Å². The van der Waals surface area contributed by atoms with Gasteiger partial charge >= 0.3 is 0 Å². The summed E-state index contributed by atoms with van der Waals surface area (Å²) in [5, 5.41) is 4.47. The van der Waals surface area contributed by atoms with E-state index in [2.05, 4.69) is 33.4 Å². The molecule has 21 heavy (non-hydrogen) atoms. The first-order valence-corrected chi connectivity index (χ1v) is 8.21. The number of alkyl halides is 2. The molecule has 1 unspecified atom stereocenters. The monoisotopic (exact) mass is 364 g/mol. The highest BCUT2D eigenvalue weighted by Gasteiger charge is 2.37. The van der Waals surface area contributed by atoms with E-state index in [4.69, 9.17) is 5.84 Å². The molecule has 0 aromatic carbocycles. The van der Waals surface area contributed by atoms with E-state index in [-0.39, 0.29) is 24.8 Å². The van der Waals surface area contributed by atoms with Crippen LogP contribution in [-0.4, -0.2) is 21.7 Å². The van der Waals surface area contributed by atoms with E-state index < -0.39 is 5.92 Å². The number of aryl methyl sites for hydroxylation is 2. The first-order chi connectivity index (χ1) is 9.88. The highest BCUT2D eigenvalue weighted by molar-refractivity contribution is 9.10. The van der Waals surface area contributed by atoms with Crippen LogP contribution in [0.15, 0.2) is 4.47 Å².